The summed E-state index contributed by atoms with van der Waals surface area (Å²) < 4.78 is 0. The zero-order chi connectivity index (χ0) is 12.8. The summed E-state index contributed by atoms with van der Waals surface area (Å²) in [5.41, 5.74) is 1.83. The van der Waals surface area contributed by atoms with E-state index in [0.29, 0.717) is 0 Å². The van der Waals surface area contributed by atoms with Crippen LogP contribution in [0.1, 0.15) is 20.3 Å². The molecule has 18 heavy (non-hydrogen) atoms. The van der Waals surface area contributed by atoms with Gasteiger partial charge in [-0.2, -0.15) is 20.5 Å². The fourth-order valence-electron chi connectivity index (χ4n) is 2.92. The molecule has 92 valence electrons. The van der Waals surface area contributed by atoms with Crippen LogP contribution in [0.3, 0.4) is 0 Å². The van der Waals surface area contributed by atoms with Gasteiger partial charge in [-0.05, 0) is 32.4 Å². The largest absolute Gasteiger partial charge is 0.198 e. The molecule has 1 aromatic rings. The molecule has 3 rings (SSSR count). The van der Waals surface area contributed by atoms with Gasteiger partial charge in [0.15, 0.2) is 0 Å². The van der Waals surface area contributed by atoms with E-state index in [9.17, 15) is 5.26 Å². The van der Waals surface area contributed by atoms with Gasteiger partial charge in [-0.3, -0.25) is 0 Å². The first-order chi connectivity index (χ1) is 8.67. The number of hydrazine groups is 1. The fourth-order valence-corrected chi connectivity index (χ4v) is 2.92. The van der Waals surface area contributed by atoms with Crippen LogP contribution in [0.5, 0.6) is 0 Å². The van der Waals surface area contributed by atoms with E-state index in [1.54, 1.807) is 0 Å². The van der Waals surface area contributed by atoms with Crippen molar-refractivity contribution >= 4 is 11.4 Å². The summed E-state index contributed by atoms with van der Waals surface area (Å²) in [5.74, 6) is 0.0231. The van der Waals surface area contributed by atoms with E-state index in [-0.39, 0.29) is 11.5 Å². The Hall–Kier alpha value is -1.86. The van der Waals surface area contributed by atoms with Gasteiger partial charge in [0.1, 0.15) is 0 Å². The summed E-state index contributed by atoms with van der Waals surface area (Å²) in [6.45, 7) is 5.02. The Balaban J connectivity index is 2.02. The summed E-state index contributed by atoms with van der Waals surface area (Å²) >= 11 is 0. The number of nitriles is 1. The Bertz CT molecular complexity index is 530. The first kappa shape index (κ1) is 11.2. The molecule has 2 heterocycles. The van der Waals surface area contributed by atoms with E-state index in [2.05, 4.69) is 23.1 Å². The SMILES string of the molecule is CC1=NN(c2ccccc2)N2CC[C@H](C#N)[C@]12C. The number of rotatable bonds is 1. The molecule has 0 unspecified atom stereocenters. The van der Waals surface area contributed by atoms with E-state index < -0.39 is 0 Å². The van der Waals surface area contributed by atoms with Crippen LogP contribution in [-0.4, -0.2) is 22.8 Å². The number of nitrogens with zero attached hydrogens (tertiary/aromatic N) is 4. The summed E-state index contributed by atoms with van der Waals surface area (Å²) in [6, 6.07) is 12.5. The molecule has 1 fully saturated rings. The Morgan fingerprint density at radius 2 is 2.11 bits per heavy atom. The van der Waals surface area contributed by atoms with Crippen LogP contribution in [0.4, 0.5) is 5.69 Å². The van der Waals surface area contributed by atoms with Crippen LogP contribution in [0.25, 0.3) is 0 Å². The minimum atomic E-state index is -0.245. The number of fused-ring (bicyclic) bond motifs is 1. The second-order valence-corrected chi connectivity index (χ2v) is 5.05. The molecule has 2 aliphatic rings. The summed E-state index contributed by atoms with van der Waals surface area (Å²) in [4.78, 5) is 0. The predicted octanol–water partition coefficient (Wildman–Crippen LogP) is 2.40. The number of hydrogen-bond donors (Lipinski definition) is 0. The molecule has 0 N–H and O–H groups in total. The minimum absolute atomic E-state index is 0.0231. The van der Waals surface area contributed by atoms with Crippen molar-refractivity contribution < 1.29 is 0 Å². The zero-order valence-corrected chi connectivity index (χ0v) is 10.7. The third-order valence-corrected chi connectivity index (χ3v) is 4.19. The van der Waals surface area contributed by atoms with Crippen molar-refractivity contribution in [2.45, 2.75) is 25.8 Å². The highest BCUT2D eigenvalue weighted by molar-refractivity contribution is 5.95. The smallest absolute Gasteiger partial charge is 0.0948 e. The van der Waals surface area contributed by atoms with E-state index in [4.69, 9.17) is 0 Å². The van der Waals surface area contributed by atoms with Gasteiger partial charge in [0.25, 0.3) is 0 Å². The van der Waals surface area contributed by atoms with Crippen molar-refractivity contribution in [1.82, 2.24) is 5.01 Å². The predicted molar refractivity (Wildman–Crippen MR) is 70.9 cm³/mol. The average molecular weight is 240 g/mol. The standard InChI is InChI=1S/C14H16N4/c1-11-14(2)12(10-15)8-9-17(14)18(16-11)13-6-4-3-5-7-13/h3-7,12H,8-9H2,1-2H3/t12-,14+/m1/s1. The molecule has 1 saturated heterocycles. The molecule has 0 spiro atoms. The van der Waals surface area contributed by atoms with Gasteiger partial charge in [0.2, 0.25) is 0 Å². The molecule has 4 nitrogen and oxygen atoms in total. The molecule has 0 amide bonds. The zero-order valence-electron chi connectivity index (χ0n) is 10.7. The highest BCUT2D eigenvalue weighted by Gasteiger charge is 2.54. The highest BCUT2D eigenvalue weighted by atomic mass is 15.8. The van der Waals surface area contributed by atoms with Crippen LogP contribution in [0.15, 0.2) is 35.4 Å². The quantitative estimate of drug-likeness (QED) is 0.757. The van der Waals surface area contributed by atoms with E-state index >= 15 is 0 Å². The number of hydrazone groups is 1. The van der Waals surface area contributed by atoms with Gasteiger partial charge in [0.05, 0.1) is 28.9 Å². The monoisotopic (exact) mass is 240 g/mol. The molecular formula is C14H16N4. The van der Waals surface area contributed by atoms with Gasteiger partial charge in [0, 0.05) is 6.54 Å². The van der Waals surface area contributed by atoms with Gasteiger partial charge >= 0.3 is 0 Å². The van der Waals surface area contributed by atoms with Gasteiger partial charge < -0.3 is 0 Å². The second kappa shape index (κ2) is 3.82. The number of benzene rings is 1. The van der Waals surface area contributed by atoms with Crippen molar-refractivity contribution in [1.29, 1.82) is 5.26 Å². The molecule has 1 aromatic carbocycles. The lowest BCUT2D eigenvalue weighted by molar-refractivity contribution is 0.210. The lowest BCUT2D eigenvalue weighted by Gasteiger charge is -2.34. The third kappa shape index (κ3) is 1.31. The normalized spacial score (nSPS) is 31.1. The second-order valence-electron chi connectivity index (χ2n) is 5.05. The third-order valence-electron chi connectivity index (χ3n) is 4.19. The number of anilines is 1. The Morgan fingerprint density at radius 1 is 1.39 bits per heavy atom. The molecular weight excluding hydrogens is 224 g/mol. The molecule has 0 saturated carbocycles. The highest BCUT2D eigenvalue weighted by Crippen LogP contribution is 2.42. The molecule has 2 aliphatic heterocycles. The van der Waals surface area contributed by atoms with Crippen LogP contribution in [-0.2, 0) is 0 Å². The van der Waals surface area contributed by atoms with E-state index in [0.717, 1.165) is 24.4 Å². The van der Waals surface area contributed by atoms with Gasteiger partial charge in [-0.25, -0.2) is 0 Å². The Morgan fingerprint density at radius 3 is 2.78 bits per heavy atom. The van der Waals surface area contributed by atoms with E-state index in [1.807, 2.05) is 42.4 Å². The Kier molecular flexibility index (Phi) is 2.39. The fraction of sp³-hybridized carbons (Fsp3) is 0.429. The first-order valence-corrected chi connectivity index (χ1v) is 6.26. The summed E-state index contributed by atoms with van der Waals surface area (Å²) in [7, 11) is 0. The van der Waals surface area contributed by atoms with Crippen molar-refractivity contribution in [3.05, 3.63) is 30.3 Å². The average Bonchev–Trinajstić information content (AvgIpc) is 2.86. The molecule has 4 heteroatoms. The Labute approximate surface area is 107 Å². The van der Waals surface area contributed by atoms with Crippen LogP contribution < -0.4 is 5.12 Å². The molecule has 0 aliphatic carbocycles. The van der Waals surface area contributed by atoms with Crippen molar-refractivity contribution in [2.24, 2.45) is 11.0 Å². The maximum absolute atomic E-state index is 9.30. The summed E-state index contributed by atoms with van der Waals surface area (Å²) in [5, 5.41) is 18.1. The first-order valence-electron chi connectivity index (χ1n) is 6.26. The maximum Gasteiger partial charge on any atom is 0.0948 e. The maximum atomic E-state index is 9.30. The molecule has 0 aromatic heterocycles. The lowest BCUT2D eigenvalue weighted by Crippen LogP contribution is -2.50. The molecule has 0 bridgehead atoms. The molecule has 2 atom stereocenters. The van der Waals surface area contributed by atoms with Gasteiger partial charge in [-0.15, -0.1) is 0 Å². The minimum Gasteiger partial charge on any atom is -0.198 e. The molecule has 0 radical (unpaired) electrons. The number of para-hydroxylation sites is 1. The number of hydrogen-bond acceptors (Lipinski definition) is 4. The van der Waals surface area contributed by atoms with Crippen molar-refractivity contribution in [3.8, 4) is 6.07 Å². The van der Waals surface area contributed by atoms with Crippen molar-refractivity contribution in [2.75, 3.05) is 11.7 Å². The van der Waals surface area contributed by atoms with Crippen LogP contribution >= 0.6 is 0 Å². The topological polar surface area (TPSA) is 42.6 Å². The summed E-state index contributed by atoms with van der Waals surface area (Å²) in [6.07, 6.45) is 0.906. The van der Waals surface area contributed by atoms with Crippen LogP contribution in [0.2, 0.25) is 0 Å². The van der Waals surface area contributed by atoms with Crippen molar-refractivity contribution in [3.63, 3.8) is 0 Å². The lowest BCUT2D eigenvalue weighted by atomic mass is 9.85. The van der Waals surface area contributed by atoms with Crippen LogP contribution in [0, 0.1) is 17.2 Å². The van der Waals surface area contributed by atoms with Gasteiger partial charge in [-0.1, -0.05) is 18.2 Å². The van der Waals surface area contributed by atoms with E-state index in [1.165, 1.54) is 0 Å².